The second kappa shape index (κ2) is 5.28. The molecule has 2 nitrogen and oxygen atoms in total. The Morgan fingerprint density at radius 2 is 2.31 bits per heavy atom. The molecule has 76 valence electrons. The highest BCUT2D eigenvalue weighted by Crippen LogP contribution is 2.31. The Kier molecular flexibility index (Phi) is 4.29. The first-order valence-corrected chi connectivity index (χ1v) is 5.27. The molecule has 1 rings (SSSR count). The Hall–Kier alpha value is -0.500. The maximum atomic E-state index is 8.70. The van der Waals surface area contributed by atoms with E-state index in [2.05, 4.69) is 13.0 Å². The van der Waals surface area contributed by atoms with E-state index in [1.54, 1.807) is 0 Å². The van der Waals surface area contributed by atoms with E-state index in [9.17, 15) is 0 Å². The van der Waals surface area contributed by atoms with Gasteiger partial charge in [-0.1, -0.05) is 6.92 Å². The molecule has 1 heterocycles. The summed E-state index contributed by atoms with van der Waals surface area (Å²) in [5, 5.41) is 8.70. The summed E-state index contributed by atoms with van der Waals surface area (Å²) < 4.78 is 5.70. The van der Waals surface area contributed by atoms with Crippen molar-refractivity contribution < 1.29 is 9.84 Å². The van der Waals surface area contributed by atoms with Crippen molar-refractivity contribution in [3.05, 3.63) is 12.3 Å². The average molecular weight is 184 g/mol. The molecule has 0 aromatic heterocycles. The molecule has 1 aliphatic heterocycles. The quantitative estimate of drug-likeness (QED) is 0.665. The third-order valence-electron chi connectivity index (χ3n) is 2.87. The molecular formula is C11H20O2. The van der Waals surface area contributed by atoms with Gasteiger partial charge in [0.25, 0.3) is 0 Å². The van der Waals surface area contributed by atoms with Crippen LogP contribution in [0, 0.1) is 0 Å². The minimum atomic E-state index is 0.0733. The first-order valence-electron chi connectivity index (χ1n) is 5.27. The van der Waals surface area contributed by atoms with Crippen LogP contribution in [0.5, 0.6) is 0 Å². The first-order chi connectivity index (χ1) is 6.33. The van der Waals surface area contributed by atoms with Crippen molar-refractivity contribution in [1.82, 2.24) is 0 Å². The molecule has 0 saturated carbocycles. The molecule has 0 aliphatic carbocycles. The van der Waals surface area contributed by atoms with E-state index in [0.29, 0.717) is 6.61 Å². The predicted molar refractivity (Wildman–Crippen MR) is 53.4 cm³/mol. The van der Waals surface area contributed by atoms with E-state index in [0.717, 1.165) is 38.5 Å². The Labute approximate surface area is 80.6 Å². The molecule has 0 spiro atoms. The molecule has 2 heteroatoms. The number of unbranched alkanes of at least 4 members (excludes halogenated alkanes) is 1. The van der Waals surface area contributed by atoms with Crippen LogP contribution in [0.3, 0.4) is 0 Å². The maximum absolute atomic E-state index is 8.70. The number of aliphatic hydroxyl groups is 1. The third-order valence-corrected chi connectivity index (χ3v) is 2.87. The monoisotopic (exact) mass is 184 g/mol. The van der Waals surface area contributed by atoms with Gasteiger partial charge in [-0.15, -0.1) is 0 Å². The second-order valence-corrected chi connectivity index (χ2v) is 3.75. The zero-order valence-electron chi connectivity index (χ0n) is 8.46. The van der Waals surface area contributed by atoms with Crippen molar-refractivity contribution in [1.29, 1.82) is 0 Å². The summed E-state index contributed by atoms with van der Waals surface area (Å²) in [6, 6.07) is 0. The van der Waals surface area contributed by atoms with Gasteiger partial charge < -0.3 is 9.84 Å². The second-order valence-electron chi connectivity index (χ2n) is 3.75. The van der Waals surface area contributed by atoms with E-state index >= 15 is 0 Å². The van der Waals surface area contributed by atoms with Crippen molar-refractivity contribution in [2.24, 2.45) is 0 Å². The lowest BCUT2D eigenvalue weighted by atomic mass is 9.87. The van der Waals surface area contributed by atoms with Crippen LogP contribution in [0.15, 0.2) is 12.3 Å². The fourth-order valence-corrected chi connectivity index (χ4v) is 1.85. The smallest absolute Gasteiger partial charge is 0.108 e. The number of allylic oxidation sites excluding steroid dienone is 1. The third kappa shape index (κ3) is 3.03. The first kappa shape index (κ1) is 10.6. The molecule has 13 heavy (non-hydrogen) atoms. The lowest BCUT2D eigenvalue weighted by Crippen LogP contribution is -2.31. The predicted octanol–water partition coefficient (Wildman–Crippen LogP) is 2.62. The summed E-state index contributed by atoms with van der Waals surface area (Å²) >= 11 is 0. The Morgan fingerprint density at radius 1 is 1.46 bits per heavy atom. The average Bonchev–Trinajstić information content (AvgIpc) is 2.20. The molecule has 1 atom stereocenters. The van der Waals surface area contributed by atoms with Crippen molar-refractivity contribution in [3.63, 3.8) is 0 Å². The standard InChI is InChI=1S/C11H20O2/c1-2-11(7-3-5-9-12)8-4-6-10-13-11/h6,10,12H,2-5,7-9H2,1H3. The number of aliphatic hydroxyl groups excluding tert-OH is 1. The van der Waals surface area contributed by atoms with Crippen LogP contribution in [0.1, 0.15) is 45.4 Å². The molecule has 0 bridgehead atoms. The Morgan fingerprint density at radius 3 is 2.85 bits per heavy atom. The minimum absolute atomic E-state index is 0.0733. The summed E-state index contributed by atoms with van der Waals surface area (Å²) in [6.45, 7) is 2.48. The fourth-order valence-electron chi connectivity index (χ4n) is 1.85. The van der Waals surface area contributed by atoms with Gasteiger partial charge in [0, 0.05) is 6.61 Å². The topological polar surface area (TPSA) is 29.5 Å². The summed E-state index contributed by atoms with van der Waals surface area (Å²) in [7, 11) is 0. The molecule has 0 saturated heterocycles. The van der Waals surface area contributed by atoms with Crippen LogP contribution >= 0.6 is 0 Å². The van der Waals surface area contributed by atoms with Crippen LogP contribution in [0.2, 0.25) is 0 Å². The van der Waals surface area contributed by atoms with Gasteiger partial charge in [0.1, 0.15) is 5.60 Å². The van der Waals surface area contributed by atoms with Crippen molar-refractivity contribution >= 4 is 0 Å². The van der Waals surface area contributed by atoms with Crippen molar-refractivity contribution in [2.75, 3.05) is 6.61 Å². The number of hydrogen-bond acceptors (Lipinski definition) is 2. The Bertz CT molecular complexity index is 165. The molecule has 0 aromatic rings. The van der Waals surface area contributed by atoms with Crippen LogP contribution in [-0.2, 0) is 4.74 Å². The normalized spacial score (nSPS) is 27.2. The van der Waals surface area contributed by atoms with Gasteiger partial charge >= 0.3 is 0 Å². The van der Waals surface area contributed by atoms with Gasteiger partial charge in [0.15, 0.2) is 0 Å². The van der Waals surface area contributed by atoms with Crippen LogP contribution in [0.25, 0.3) is 0 Å². The lowest BCUT2D eigenvalue weighted by molar-refractivity contribution is -0.00924. The van der Waals surface area contributed by atoms with Gasteiger partial charge in [0.2, 0.25) is 0 Å². The van der Waals surface area contributed by atoms with E-state index in [1.165, 1.54) is 0 Å². The van der Waals surface area contributed by atoms with E-state index in [1.807, 2.05) is 6.26 Å². The number of hydrogen-bond donors (Lipinski definition) is 1. The molecule has 1 N–H and O–H groups in total. The van der Waals surface area contributed by atoms with Gasteiger partial charge in [-0.2, -0.15) is 0 Å². The van der Waals surface area contributed by atoms with Crippen molar-refractivity contribution in [3.8, 4) is 0 Å². The zero-order chi connectivity index (χ0) is 9.57. The highest BCUT2D eigenvalue weighted by atomic mass is 16.5. The molecule has 1 aliphatic rings. The van der Waals surface area contributed by atoms with Crippen LogP contribution in [0.4, 0.5) is 0 Å². The van der Waals surface area contributed by atoms with E-state index < -0.39 is 0 Å². The molecule has 0 aromatic carbocycles. The van der Waals surface area contributed by atoms with Gasteiger partial charge in [-0.05, 0) is 44.6 Å². The number of rotatable bonds is 5. The zero-order valence-corrected chi connectivity index (χ0v) is 8.46. The van der Waals surface area contributed by atoms with Crippen molar-refractivity contribution in [2.45, 2.75) is 51.0 Å². The number of ether oxygens (including phenoxy) is 1. The SMILES string of the molecule is CCC1(CCCCO)CCC=CO1. The molecular weight excluding hydrogens is 164 g/mol. The summed E-state index contributed by atoms with van der Waals surface area (Å²) in [5.74, 6) is 0. The van der Waals surface area contributed by atoms with Gasteiger partial charge in [-0.25, -0.2) is 0 Å². The highest BCUT2D eigenvalue weighted by Gasteiger charge is 2.29. The van der Waals surface area contributed by atoms with Gasteiger partial charge in [-0.3, -0.25) is 0 Å². The van der Waals surface area contributed by atoms with Crippen LogP contribution < -0.4 is 0 Å². The molecule has 0 fully saturated rings. The summed E-state index contributed by atoms with van der Waals surface area (Å²) in [5.41, 5.74) is 0.0733. The minimum Gasteiger partial charge on any atom is -0.495 e. The fraction of sp³-hybridized carbons (Fsp3) is 0.818. The highest BCUT2D eigenvalue weighted by molar-refractivity contribution is 4.91. The molecule has 1 unspecified atom stereocenters. The van der Waals surface area contributed by atoms with Gasteiger partial charge in [0.05, 0.1) is 6.26 Å². The van der Waals surface area contributed by atoms with E-state index in [4.69, 9.17) is 9.84 Å². The lowest BCUT2D eigenvalue weighted by Gasteiger charge is -2.34. The summed E-state index contributed by atoms with van der Waals surface area (Å²) in [4.78, 5) is 0. The Balaban J connectivity index is 2.35. The van der Waals surface area contributed by atoms with Crippen LogP contribution in [-0.4, -0.2) is 17.3 Å². The maximum Gasteiger partial charge on any atom is 0.108 e. The largest absolute Gasteiger partial charge is 0.495 e. The molecule has 0 radical (unpaired) electrons. The van der Waals surface area contributed by atoms with E-state index in [-0.39, 0.29) is 5.60 Å². The molecule has 0 amide bonds. The summed E-state index contributed by atoms with van der Waals surface area (Å²) in [6.07, 6.45) is 10.3.